The van der Waals surface area contributed by atoms with Gasteiger partial charge in [-0.25, -0.2) is 0 Å². The lowest BCUT2D eigenvalue weighted by Gasteiger charge is -2.26. The number of hydrogen-bond donors (Lipinski definition) is 2. The van der Waals surface area contributed by atoms with Crippen LogP contribution in [-0.4, -0.2) is 17.6 Å². The number of hydrogen-bond acceptors (Lipinski definition) is 2. The predicted octanol–water partition coefficient (Wildman–Crippen LogP) is 3.74. The van der Waals surface area contributed by atoms with E-state index in [-0.39, 0.29) is 18.2 Å². The number of benzene rings is 1. The van der Waals surface area contributed by atoms with Crippen LogP contribution in [0.5, 0.6) is 0 Å². The summed E-state index contributed by atoms with van der Waals surface area (Å²) in [5, 5.41) is 11.4. The van der Waals surface area contributed by atoms with E-state index in [4.69, 9.17) is 5.11 Å². The first-order valence-corrected chi connectivity index (χ1v) is 6.59. The molecule has 0 heterocycles. The van der Waals surface area contributed by atoms with Crippen molar-refractivity contribution in [3.63, 3.8) is 0 Å². The zero-order valence-corrected chi connectivity index (χ0v) is 12.5. The molecule has 0 fully saturated rings. The number of aliphatic carboxylic acids is 1. The Morgan fingerprint density at radius 2 is 1.81 bits per heavy atom. The van der Waals surface area contributed by atoms with E-state index in [9.17, 15) is 18.0 Å². The van der Waals surface area contributed by atoms with Crippen molar-refractivity contribution < 1.29 is 23.1 Å². The number of alkyl halides is 3. The van der Waals surface area contributed by atoms with Crippen molar-refractivity contribution >= 4 is 5.97 Å². The number of halogens is 3. The van der Waals surface area contributed by atoms with Crippen molar-refractivity contribution in [2.45, 2.75) is 45.3 Å². The molecule has 0 saturated carbocycles. The molecule has 0 aliphatic heterocycles. The number of carboxylic acid groups (broad SMARTS) is 1. The van der Waals surface area contributed by atoms with Crippen LogP contribution in [0, 0.1) is 0 Å². The number of nitrogens with one attached hydrogen (secondary N) is 1. The molecule has 6 heteroatoms. The fourth-order valence-corrected chi connectivity index (χ4v) is 2.06. The molecule has 118 valence electrons. The summed E-state index contributed by atoms with van der Waals surface area (Å²) in [7, 11) is 0. The lowest BCUT2D eigenvalue weighted by Crippen LogP contribution is -2.26. The molecule has 0 saturated heterocycles. The second-order valence-electron chi connectivity index (χ2n) is 6.05. The van der Waals surface area contributed by atoms with Gasteiger partial charge in [-0.2, -0.15) is 13.2 Å². The molecule has 0 aliphatic rings. The standard InChI is InChI=1S/C15H20F3NO2/c1-9(19-8-13(20)21)10-5-6-11(15(16,17)18)12(7-10)14(2,3)4/h5-7,9,19H,8H2,1-4H3,(H,20,21). The lowest BCUT2D eigenvalue weighted by atomic mass is 9.82. The Balaban J connectivity index is 3.19. The number of carboxylic acids is 1. The van der Waals surface area contributed by atoms with E-state index in [0.717, 1.165) is 6.07 Å². The molecule has 1 atom stereocenters. The summed E-state index contributed by atoms with van der Waals surface area (Å²) in [6.45, 7) is 6.63. The summed E-state index contributed by atoms with van der Waals surface area (Å²) in [5.41, 5.74) is -0.470. The molecular formula is C15H20F3NO2. The third kappa shape index (κ3) is 4.74. The Hall–Kier alpha value is -1.56. The van der Waals surface area contributed by atoms with E-state index in [2.05, 4.69) is 5.32 Å². The molecule has 0 amide bonds. The van der Waals surface area contributed by atoms with Crippen LogP contribution in [0.25, 0.3) is 0 Å². The van der Waals surface area contributed by atoms with Crippen molar-refractivity contribution in [2.75, 3.05) is 6.54 Å². The van der Waals surface area contributed by atoms with E-state index < -0.39 is 23.1 Å². The molecule has 0 aliphatic carbocycles. The van der Waals surface area contributed by atoms with Crippen LogP contribution >= 0.6 is 0 Å². The monoisotopic (exact) mass is 303 g/mol. The summed E-state index contributed by atoms with van der Waals surface area (Å²) in [5.74, 6) is -1.01. The average Bonchev–Trinajstić information content (AvgIpc) is 2.33. The molecular weight excluding hydrogens is 283 g/mol. The molecule has 1 aromatic carbocycles. The van der Waals surface area contributed by atoms with Crippen LogP contribution in [-0.2, 0) is 16.4 Å². The van der Waals surface area contributed by atoms with E-state index >= 15 is 0 Å². The Kier molecular flexibility index (Phi) is 5.04. The van der Waals surface area contributed by atoms with E-state index in [1.54, 1.807) is 27.7 Å². The third-order valence-corrected chi connectivity index (χ3v) is 3.22. The van der Waals surface area contributed by atoms with Gasteiger partial charge >= 0.3 is 12.1 Å². The van der Waals surface area contributed by atoms with Gasteiger partial charge in [0, 0.05) is 6.04 Å². The smallest absolute Gasteiger partial charge is 0.416 e. The molecule has 1 rings (SSSR count). The molecule has 2 N–H and O–H groups in total. The van der Waals surface area contributed by atoms with E-state index in [1.165, 1.54) is 12.1 Å². The fraction of sp³-hybridized carbons (Fsp3) is 0.533. The van der Waals surface area contributed by atoms with Gasteiger partial charge in [0.15, 0.2) is 0 Å². The minimum atomic E-state index is -4.40. The summed E-state index contributed by atoms with van der Waals surface area (Å²) < 4.78 is 39.2. The highest BCUT2D eigenvalue weighted by Crippen LogP contribution is 2.38. The molecule has 3 nitrogen and oxygen atoms in total. The second-order valence-corrected chi connectivity index (χ2v) is 6.05. The maximum Gasteiger partial charge on any atom is 0.416 e. The highest BCUT2D eigenvalue weighted by Gasteiger charge is 2.36. The van der Waals surface area contributed by atoms with Gasteiger partial charge in [-0.15, -0.1) is 0 Å². The van der Waals surface area contributed by atoms with Crippen LogP contribution in [0.1, 0.15) is 50.4 Å². The highest BCUT2D eigenvalue weighted by atomic mass is 19.4. The van der Waals surface area contributed by atoms with Crippen LogP contribution in [0.4, 0.5) is 13.2 Å². The predicted molar refractivity (Wildman–Crippen MR) is 74.2 cm³/mol. The largest absolute Gasteiger partial charge is 0.480 e. The van der Waals surface area contributed by atoms with Gasteiger partial charge < -0.3 is 10.4 Å². The van der Waals surface area contributed by atoms with E-state index in [0.29, 0.717) is 5.56 Å². The molecule has 0 aromatic heterocycles. The summed E-state index contributed by atoms with van der Waals surface area (Å²) >= 11 is 0. The van der Waals surface area contributed by atoms with Crippen molar-refractivity contribution in [3.8, 4) is 0 Å². The molecule has 21 heavy (non-hydrogen) atoms. The first-order chi connectivity index (χ1) is 9.43. The van der Waals surface area contributed by atoms with E-state index in [1.807, 2.05) is 0 Å². The Morgan fingerprint density at radius 3 is 2.24 bits per heavy atom. The van der Waals surface area contributed by atoms with Gasteiger partial charge in [0.25, 0.3) is 0 Å². The zero-order valence-electron chi connectivity index (χ0n) is 12.5. The Morgan fingerprint density at radius 1 is 1.24 bits per heavy atom. The fourth-order valence-electron chi connectivity index (χ4n) is 2.06. The van der Waals surface area contributed by atoms with Gasteiger partial charge in [0.05, 0.1) is 12.1 Å². The highest BCUT2D eigenvalue weighted by molar-refractivity contribution is 5.69. The Labute approximate surface area is 122 Å². The summed E-state index contributed by atoms with van der Waals surface area (Å²) in [6.07, 6.45) is -4.40. The van der Waals surface area contributed by atoms with Gasteiger partial charge in [-0.1, -0.05) is 32.9 Å². The van der Waals surface area contributed by atoms with Crippen molar-refractivity contribution in [1.29, 1.82) is 0 Å². The molecule has 1 unspecified atom stereocenters. The second kappa shape index (κ2) is 6.05. The minimum Gasteiger partial charge on any atom is -0.480 e. The van der Waals surface area contributed by atoms with Gasteiger partial charge in [0.1, 0.15) is 0 Å². The molecule has 0 radical (unpaired) electrons. The molecule has 1 aromatic rings. The van der Waals surface area contributed by atoms with Crippen LogP contribution in [0.15, 0.2) is 18.2 Å². The van der Waals surface area contributed by atoms with Gasteiger partial charge in [-0.05, 0) is 29.5 Å². The summed E-state index contributed by atoms with van der Waals surface area (Å²) in [6, 6.07) is 3.61. The van der Waals surface area contributed by atoms with Crippen molar-refractivity contribution in [3.05, 3.63) is 34.9 Å². The van der Waals surface area contributed by atoms with Crippen LogP contribution < -0.4 is 5.32 Å². The van der Waals surface area contributed by atoms with Crippen molar-refractivity contribution in [1.82, 2.24) is 5.32 Å². The number of rotatable bonds is 4. The van der Waals surface area contributed by atoms with Crippen LogP contribution in [0.3, 0.4) is 0 Å². The maximum atomic E-state index is 13.1. The minimum absolute atomic E-state index is 0.205. The quantitative estimate of drug-likeness (QED) is 0.891. The molecule has 0 bridgehead atoms. The normalized spacial score (nSPS) is 14.0. The SMILES string of the molecule is CC(NCC(=O)O)c1ccc(C(F)(F)F)c(C(C)(C)C)c1. The zero-order chi connectivity index (χ0) is 16.4. The van der Waals surface area contributed by atoms with Crippen LogP contribution in [0.2, 0.25) is 0 Å². The first-order valence-electron chi connectivity index (χ1n) is 6.59. The van der Waals surface area contributed by atoms with Gasteiger partial charge in [-0.3, -0.25) is 4.79 Å². The molecule has 0 spiro atoms. The topological polar surface area (TPSA) is 49.3 Å². The first kappa shape index (κ1) is 17.5. The third-order valence-electron chi connectivity index (χ3n) is 3.22. The lowest BCUT2D eigenvalue weighted by molar-refractivity contribution is -0.138. The average molecular weight is 303 g/mol. The maximum absolute atomic E-state index is 13.1. The van der Waals surface area contributed by atoms with Gasteiger partial charge in [0.2, 0.25) is 0 Å². The Bertz CT molecular complexity index is 519. The van der Waals surface area contributed by atoms with Crippen molar-refractivity contribution in [2.24, 2.45) is 0 Å². The summed E-state index contributed by atoms with van der Waals surface area (Å²) in [4.78, 5) is 10.5. The number of carbonyl (C=O) groups is 1.